The van der Waals surface area contributed by atoms with Crippen LogP contribution in [0.2, 0.25) is 0 Å². The van der Waals surface area contributed by atoms with E-state index < -0.39 is 0 Å². The quantitative estimate of drug-likeness (QED) is 0.799. The molecule has 1 saturated heterocycles. The van der Waals surface area contributed by atoms with E-state index in [1.165, 1.54) is 12.8 Å². The van der Waals surface area contributed by atoms with Gasteiger partial charge in [-0.25, -0.2) is 0 Å². The Kier molecular flexibility index (Phi) is 3.12. The molecule has 3 heterocycles. The number of fused-ring (bicyclic) bond motifs is 1. The van der Waals surface area contributed by atoms with E-state index in [-0.39, 0.29) is 0 Å². The van der Waals surface area contributed by atoms with Gasteiger partial charge in [0.15, 0.2) is 0 Å². The van der Waals surface area contributed by atoms with E-state index in [0.29, 0.717) is 17.8 Å². The summed E-state index contributed by atoms with van der Waals surface area (Å²) in [4.78, 5) is 8.94. The minimum absolute atomic E-state index is 0.457. The second kappa shape index (κ2) is 5.26. The molecule has 0 spiro atoms. The maximum Gasteiger partial charge on any atom is 0.228 e. The minimum Gasteiger partial charge on any atom is -0.339 e. The third-order valence-electron chi connectivity index (χ3n) is 3.94. The Balaban J connectivity index is 1.67. The summed E-state index contributed by atoms with van der Waals surface area (Å²) < 4.78 is 5.39. The standard InChI is InChI=1S/C16H16N4O/c1-2-6-13-11(4-1)7-9-18-15(13)16-19-14(21-20-16)10-12-5-3-8-17-12/h1-2,4,6-7,9,12,17H,3,5,8,10H2. The number of benzene rings is 1. The molecule has 0 amide bonds. The van der Waals surface area contributed by atoms with Crippen LogP contribution < -0.4 is 5.32 Å². The van der Waals surface area contributed by atoms with Crippen molar-refractivity contribution in [2.24, 2.45) is 0 Å². The average Bonchev–Trinajstić information content (AvgIpc) is 3.19. The summed E-state index contributed by atoms with van der Waals surface area (Å²) in [7, 11) is 0. The summed E-state index contributed by atoms with van der Waals surface area (Å²) in [5, 5.41) is 9.72. The van der Waals surface area contributed by atoms with E-state index in [1.807, 2.05) is 24.3 Å². The van der Waals surface area contributed by atoms with Crippen molar-refractivity contribution in [2.45, 2.75) is 25.3 Å². The van der Waals surface area contributed by atoms with Crippen molar-refractivity contribution in [1.82, 2.24) is 20.4 Å². The van der Waals surface area contributed by atoms with Gasteiger partial charge in [-0.2, -0.15) is 4.98 Å². The molecule has 5 heteroatoms. The van der Waals surface area contributed by atoms with Crippen LogP contribution in [-0.2, 0) is 6.42 Å². The van der Waals surface area contributed by atoms with Crippen LogP contribution in [0.25, 0.3) is 22.3 Å². The maximum absolute atomic E-state index is 5.39. The SMILES string of the molecule is c1ccc2c(-c3noc(CC4CCCN4)n3)nccc2c1. The lowest BCUT2D eigenvalue weighted by Crippen LogP contribution is -2.23. The molecule has 1 aromatic carbocycles. The van der Waals surface area contributed by atoms with Gasteiger partial charge in [-0.05, 0) is 30.8 Å². The molecule has 1 aliphatic heterocycles. The number of pyridine rings is 1. The van der Waals surface area contributed by atoms with Crippen LogP contribution in [0.5, 0.6) is 0 Å². The molecule has 0 bridgehead atoms. The summed E-state index contributed by atoms with van der Waals surface area (Å²) >= 11 is 0. The van der Waals surface area contributed by atoms with Crippen molar-refractivity contribution in [2.75, 3.05) is 6.54 Å². The molecule has 1 N–H and O–H groups in total. The molecule has 21 heavy (non-hydrogen) atoms. The van der Waals surface area contributed by atoms with E-state index >= 15 is 0 Å². The fourth-order valence-corrected chi connectivity index (χ4v) is 2.87. The molecule has 5 nitrogen and oxygen atoms in total. The molecule has 2 aromatic heterocycles. The van der Waals surface area contributed by atoms with Crippen molar-refractivity contribution in [3.63, 3.8) is 0 Å². The van der Waals surface area contributed by atoms with E-state index in [1.54, 1.807) is 6.20 Å². The third kappa shape index (κ3) is 2.40. The second-order valence-corrected chi connectivity index (χ2v) is 5.39. The number of hydrogen-bond acceptors (Lipinski definition) is 5. The fourth-order valence-electron chi connectivity index (χ4n) is 2.87. The Labute approximate surface area is 122 Å². The van der Waals surface area contributed by atoms with Crippen LogP contribution in [0, 0.1) is 0 Å². The molecule has 0 radical (unpaired) electrons. The number of hydrogen-bond donors (Lipinski definition) is 1. The Bertz CT molecular complexity index is 756. The topological polar surface area (TPSA) is 63.8 Å². The third-order valence-corrected chi connectivity index (χ3v) is 3.94. The normalized spacial score (nSPS) is 18.4. The van der Waals surface area contributed by atoms with Crippen LogP contribution in [0.15, 0.2) is 41.1 Å². The number of nitrogens with one attached hydrogen (secondary N) is 1. The molecule has 1 aliphatic rings. The molecular formula is C16H16N4O. The minimum atomic E-state index is 0.457. The summed E-state index contributed by atoms with van der Waals surface area (Å²) in [6.07, 6.45) is 4.96. The molecule has 3 aromatic rings. The Morgan fingerprint density at radius 1 is 1.24 bits per heavy atom. The van der Waals surface area contributed by atoms with Gasteiger partial charge in [-0.1, -0.05) is 29.4 Å². The average molecular weight is 280 g/mol. The molecule has 106 valence electrons. The Morgan fingerprint density at radius 3 is 3.10 bits per heavy atom. The van der Waals surface area contributed by atoms with Gasteiger partial charge in [0.05, 0.1) is 0 Å². The molecule has 1 fully saturated rings. The van der Waals surface area contributed by atoms with Gasteiger partial charge in [0.1, 0.15) is 5.69 Å². The van der Waals surface area contributed by atoms with Crippen LogP contribution in [-0.4, -0.2) is 27.7 Å². The van der Waals surface area contributed by atoms with Gasteiger partial charge in [0, 0.05) is 24.0 Å². The Morgan fingerprint density at radius 2 is 2.19 bits per heavy atom. The van der Waals surface area contributed by atoms with E-state index in [4.69, 9.17) is 4.52 Å². The highest BCUT2D eigenvalue weighted by molar-refractivity contribution is 5.92. The highest BCUT2D eigenvalue weighted by Crippen LogP contribution is 2.24. The van der Waals surface area contributed by atoms with Gasteiger partial charge in [-0.3, -0.25) is 4.98 Å². The zero-order chi connectivity index (χ0) is 14.1. The molecule has 0 saturated carbocycles. The van der Waals surface area contributed by atoms with E-state index in [2.05, 4.69) is 26.5 Å². The smallest absolute Gasteiger partial charge is 0.228 e. The maximum atomic E-state index is 5.39. The lowest BCUT2D eigenvalue weighted by atomic mass is 10.1. The van der Waals surface area contributed by atoms with Gasteiger partial charge < -0.3 is 9.84 Å². The van der Waals surface area contributed by atoms with Gasteiger partial charge in [0.25, 0.3) is 0 Å². The second-order valence-electron chi connectivity index (χ2n) is 5.39. The lowest BCUT2D eigenvalue weighted by Gasteiger charge is -2.04. The summed E-state index contributed by atoms with van der Waals surface area (Å²) in [5.74, 6) is 1.25. The van der Waals surface area contributed by atoms with Crippen molar-refractivity contribution in [1.29, 1.82) is 0 Å². The van der Waals surface area contributed by atoms with Crippen LogP contribution in [0.1, 0.15) is 18.7 Å². The first-order valence-electron chi connectivity index (χ1n) is 7.30. The highest BCUT2D eigenvalue weighted by atomic mass is 16.5. The first-order valence-corrected chi connectivity index (χ1v) is 7.30. The molecule has 0 aliphatic carbocycles. The molecule has 4 rings (SSSR count). The first kappa shape index (κ1) is 12.5. The van der Waals surface area contributed by atoms with Crippen molar-refractivity contribution < 1.29 is 4.52 Å². The highest BCUT2D eigenvalue weighted by Gasteiger charge is 2.19. The zero-order valence-corrected chi connectivity index (χ0v) is 11.6. The molecular weight excluding hydrogens is 264 g/mol. The molecule has 1 unspecified atom stereocenters. The monoisotopic (exact) mass is 280 g/mol. The predicted octanol–water partition coefficient (Wildman–Crippen LogP) is 2.58. The first-order chi connectivity index (χ1) is 10.4. The zero-order valence-electron chi connectivity index (χ0n) is 11.6. The summed E-state index contributed by atoms with van der Waals surface area (Å²) in [6, 6.07) is 10.5. The molecule has 1 atom stereocenters. The largest absolute Gasteiger partial charge is 0.339 e. The number of rotatable bonds is 3. The Hall–Kier alpha value is -2.27. The van der Waals surface area contributed by atoms with Crippen LogP contribution >= 0.6 is 0 Å². The van der Waals surface area contributed by atoms with Gasteiger partial charge in [-0.15, -0.1) is 0 Å². The number of nitrogens with zero attached hydrogens (tertiary/aromatic N) is 3. The van der Waals surface area contributed by atoms with Gasteiger partial charge >= 0.3 is 0 Å². The summed E-state index contributed by atoms with van der Waals surface area (Å²) in [6.45, 7) is 1.08. The predicted molar refractivity (Wildman–Crippen MR) is 79.8 cm³/mol. The number of aromatic nitrogens is 3. The summed E-state index contributed by atoms with van der Waals surface area (Å²) in [5.41, 5.74) is 0.780. The van der Waals surface area contributed by atoms with Gasteiger partial charge in [0.2, 0.25) is 11.7 Å². The van der Waals surface area contributed by atoms with E-state index in [0.717, 1.165) is 29.4 Å². The lowest BCUT2D eigenvalue weighted by molar-refractivity contribution is 0.364. The van der Waals surface area contributed by atoms with Crippen LogP contribution in [0.4, 0.5) is 0 Å². The van der Waals surface area contributed by atoms with Crippen molar-refractivity contribution in [3.05, 3.63) is 42.4 Å². The fraction of sp³-hybridized carbons (Fsp3) is 0.312. The van der Waals surface area contributed by atoms with Crippen molar-refractivity contribution in [3.8, 4) is 11.5 Å². The van der Waals surface area contributed by atoms with Crippen LogP contribution in [0.3, 0.4) is 0 Å². The van der Waals surface area contributed by atoms with E-state index in [9.17, 15) is 0 Å². The van der Waals surface area contributed by atoms with Crippen molar-refractivity contribution >= 4 is 10.8 Å².